The van der Waals surface area contributed by atoms with Crippen LogP contribution in [0.1, 0.15) is 16.7 Å². The molecule has 0 spiro atoms. The number of nitrogens with zero attached hydrogens (tertiary/aromatic N) is 3. The molecule has 5 aromatic rings. The Morgan fingerprint density at radius 3 is 2.55 bits per heavy atom. The van der Waals surface area contributed by atoms with Gasteiger partial charge in [-0.05, 0) is 54.4 Å². The van der Waals surface area contributed by atoms with Crippen molar-refractivity contribution >= 4 is 33.5 Å². The van der Waals surface area contributed by atoms with Crippen molar-refractivity contribution in [2.24, 2.45) is 0 Å². The van der Waals surface area contributed by atoms with E-state index in [9.17, 15) is 9.18 Å². The van der Waals surface area contributed by atoms with Gasteiger partial charge >= 0.3 is 0 Å². The summed E-state index contributed by atoms with van der Waals surface area (Å²) in [6.07, 6.45) is 1.57. The number of fused-ring (bicyclic) bond motifs is 3. The number of aromatic nitrogens is 3. The molecule has 0 N–H and O–H groups in total. The normalized spacial score (nSPS) is 11.5. The molecule has 2 heterocycles. The SMILES string of the molecule is Cc1ccc2c(c1)c1ncn(Cc3ccc(F)cc3)c(=O)c1n2Cc1cccc(Cl)c1. The van der Waals surface area contributed by atoms with Crippen LogP contribution in [0.3, 0.4) is 0 Å². The summed E-state index contributed by atoms with van der Waals surface area (Å²) in [4.78, 5) is 18.2. The summed E-state index contributed by atoms with van der Waals surface area (Å²) >= 11 is 6.19. The first-order chi connectivity index (χ1) is 15.0. The lowest BCUT2D eigenvalue weighted by Crippen LogP contribution is -2.23. The fourth-order valence-corrected chi connectivity index (χ4v) is 4.21. The van der Waals surface area contributed by atoms with E-state index in [-0.39, 0.29) is 11.4 Å². The molecule has 0 aliphatic rings. The zero-order chi connectivity index (χ0) is 21.5. The summed E-state index contributed by atoms with van der Waals surface area (Å²) in [6, 6.07) is 19.9. The molecule has 0 atom stereocenters. The molecule has 0 saturated carbocycles. The van der Waals surface area contributed by atoms with Gasteiger partial charge in [0.1, 0.15) is 16.9 Å². The summed E-state index contributed by atoms with van der Waals surface area (Å²) in [5.74, 6) is -0.304. The standard InChI is InChI=1S/C25H19ClFN3O/c1-16-5-10-22-21(11-16)23-24(30(22)14-18-3-2-4-19(26)12-18)25(31)29(15-28-23)13-17-6-8-20(27)9-7-17/h2-12,15H,13-14H2,1H3. The summed E-state index contributed by atoms with van der Waals surface area (Å²) in [6.45, 7) is 2.84. The van der Waals surface area contributed by atoms with Gasteiger partial charge in [-0.15, -0.1) is 0 Å². The molecule has 0 aliphatic heterocycles. The highest BCUT2D eigenvalue weighted by Crippen LogP contribution is 2.28. The molecule has 4 nitrogen and oxygen atoms in total. The van der Waals surface area contributed by atoms with E-state index >= 15 is 0 Å². The van der Waals surface area contributed by atoms with Crippen molar-refractivity contribution in [3.05, 3.63) is 111 Å². The highest BCUT2D eigenvalue weighted by atomic mass is 35.5. The third kappa shape index (κ3) is 3.62. The van der Waals surface area contributed by atoms with Gasteiger partial charge in [-0.1, -0.05) is 47.5 Å². The Morgan fingerprint density at radius 1 is 0.968 bits per heavy atom. The van der Waals surface area contributed by atoms with Crippen LogP contribution in [-0.4, -0.2) is 14.1 Å². The average Bonchev–Trinajstić information content (AvgIpc) is 3.05. The quantitative estimate of drug-likeness (QED) is 0.374. The molecule has 5 rings (SSSR count). The molecule has 154 valence electrons. The molecule has 0 amide bonds. The molecule has 31 heavy (non-hydrogen) atoms. The lowest BCUT2D eigenvalue weighted by atomic mass is 10.1. The van der Waals surface area contributed by atoms with Gasteiger partial charge in [0.15, 0.2) is 0 Å². The van der Waals surface area contributed by atoms with Crippen molar-refractivity contribution in [3.8, 4) is 0 Å². The highest BCUT2D eigenvalue weighted by molar-refractivity contribution is 6.30. The van der Waals surface area contributed by atoms with Crippen LogP contribution in [0.4, 0.5) is 4.39 Å². The molecule has 3 aromatic carbocycles. The predicted molar refractivity (Wildman–Crippen MR) is 122 cm³/mol. The lowest BCUT2D eigenvalue weighted by Gasteiger charge is -2.10. The van der Waals surface area contributed by atoms with Crippen LogP contribution >= 0.6 is 11.6 Å². The minimum Gasteiger partial charge on any atom is -0.330 e. The van der Waals surface area contributed by atoms with E-state index in [1.165, 1.54) is 12.1 Å². The molecule has 0 saturated heterocycles. The zero-order valence-electron chi connectivity index (χ0n) is 16.8. The molecule has 2 aromatic heterocycles. The second-order valence-electron chi connectivity index (χ2n) is 7.74. The number of benzene rings is 3. The van der Waals surface area contributed by atoms with E-state index in [0.29, 0.717) is 29.1 Å². The second kappa shape index (κ2) is 7.67. The summed E-state index contributed by atoms with van der Waals surface area (Å²) in [5, 5.41) is 1.60. The van der Waals surface area contributed by atoms with E-state index in [0.717, 1.165) is 27.6 Å². The van der Waals surface area contributed by atoms with E-state index in [2.05, 4.69) is 11.1 Å². The lowest BCUT2D eigenvalue weighted by molar-refractivity contribution is 0.626. The first kappa shape index (κ1) is 19.5. The van der Waals surface area contributed by atoms with Crippen LogP contribution in [0.25, 0.3) is 21.9 Å². The van der Waals surface area contributed by atoms with Gasteiger partial charge in [0.05, 0.1) is 18.4 Å². The van der Waals surface area contributed by atoms with Crippen molar-refractivity contribution < 1.29 is 4.39 Å². The van der Waals surface area contributed by atoms with Gasteiger partial charge in [0.2, 0.25) is 0 Å². The third-order valence-corrected chi connectivity index (χ3v) is 5.71. The first-order valence-corrected chi connectivity index (χ1v) is 10.3. The topological polar surface area (TPSA) is 39.8 Å². The molecule has 0 bridgehead atoms. The van der Waals surface area contributed by atoms with Gasteiger partial charge in [-0.25, -0.2) is 9.37 Å². The summed E-state index contributed by atoms with van der Waals surface area (Å²) in [7, 11) is 0. The first-order valence-electron chi connectivity index (χ1n) is 9.96. The van der Waals surface area contributed by atoms with Crippen molar-refractivity contribution in [2.45, 2.75) is 20.0 Å². The summed E-state index contributed by atoms with van der Waals surface area (Å²) in [5.41, 5.74) is 4.98. The zero-order valence-corrected chi connectivity index (χ0v) is 17.6. The minimum absolute atomic E-state index is 0.134. The Bertz CT molecular complexity index is 1490. The molecular weight excluding hydrogens is 413 g/mol. The van der Waals surface area contributed by atoms with Gasteiger partial charge in [-0.2, -0.15) is 0 Å². The van der Waals surface area contributed by atoms with Crippen molar-refractivity contribution in [1.29, 1.82) is 0 Å². The maximum Gasteiger partial charge on any atom is 0.278 e. The number of hydrogen-bond donors (Lipinski definition) is 0. The number of rotatable bonds is 4. The maximum absolute atomic E-state index is 13.5. The average molecular weight is 432 g/mol. The smallest absolute Gasteiger partial charge is 0.278 e. The van der Waals surface area contributed by atoms with E-state index in [4.69, 9.17) is 11.6 Å². The van der Waals surface area contributed by atoms with Crippen LogP contribution in [-0.2, 0) is 13.1 Å². The van der Waals surface area contributed by atoms with Crippen molar-refractivity contribution in [2.75, 3.05) is 0 Å². The van der Waals surface area contributed by atoms with E-state index in [1.807, 2.05) is 47.9 Å². The van der Waals surface area contributed by atoms with Crippen LogP contribution in [0.5, 0.6) is 0 Å². The van der Waals surface area contributed by atoms with E-state index < -0.39 is 0 Å². The minimum atomic E-state index is -0.304. The van der Waals surface area contributed by atoms with Gasteiger partial charge in [0, 0.05) is 17.0 Å². The Kier molecular flexibility index (Phi) is 4.83. The molecule has 0 radical (unpaired) electrons. The third-order valence-electron chi connectivity index (χ3n) is 5.48. The maximum atomic E-state index is 13.5. The summed E-state index contributed by atoms with van der Waals surface area (Å²) < 4.78 is 16.8. The van der Waals surface area contributed by atoms with Crippen molar-refractivity contribution in [1.82, 2.24) is 14.1 Å². The van der Waals surface area contributed by atoms with Crippen LogP contribution in [0.15, 0.2) is 77.9 Å². The van der Waals surface area contributed by atoms with Crippen LogP contribution < -0.4 is 5.56 Å². The largest absolute Gasteiger partial charge is 0.330 e. The van der Waals surface area contributed by atoms with Gasteiger partial charge in [0.25, 0.3) is 5.56 Å². The monoisotopic (exact) mass is 431 g/mol. The Balaban J connectivity index is 1.72. The molecular formula is C25H19ClFN3O. The second-order valence-corrected chi connectivity index (χ2v) is 8.17. The predicted octanol–water partition coefficient (Wildman–Crippen LogP) is 5.55. The van der Waals surface area contributed by atoms with Gasteiger partial charge < -0.3 is 4.57 Å². The van der Waals surface area contributed by atoms with Crippen molar-refractivity contribution in [3.63, 3.8) is 0 Å². The van der Waals surface area contributed by atoms with Gasteiger partial charge in [-0.3, -0.25) is 9.36 Å². The van der Waals surface area contributed by atoms with Crippen LogP contribution in [0, 0.1) is 12.7 Å². The molecule has 6 heteroatoms. The number of hydrogen-bond acceptors (Lipinski definition) is 2. The number of halogens is 2. The molecule has 0 unspecified atom stereocenters. The Hall–Kier alpha value is -3.44. The number of aryl methyl sites for hydroxylation is 1. The highest BCUT2D eigenvalue weighted by Gasteiger charge is 2.17. The fourth-order valence-electron chi connectivity index (χ4n) is 4.00. The van der Waals surface area contributed by atoms with Crippen LogP contribution in [0.2, 0.25) is 5.02 Å². The fraction of sp³-hybridized carbons (Fsp3) is 0.120. The molecule has 0 aliphatic carbocycles. The van der Waals surface area contributed by atoms with E-state index in [1.54, 1.807) is 23.0 Å². The Morgan fingerprint density at radius 2 is 1.77 bits per heavy atom. The Labute approximate surface area is 183 Å². The molecule has 0 fully saturated rings.